The zero-order valence-corrected chi connectivity index (χ0v) is 9.77. The third-order valence-corrected chi connectivity index (χ3v) is 1.92. The lowest BCUT2D eigenvalue weighted by atomic mass is 10.2. The van der Waals surface area contributed by atoms with E-state index in [1.54, 1.807) is 0 Å². The molecule has 1 rings (SSSR count). The molecule has 0 aliphatic rings. The van der Waals surface area contributed by atoms with Gasteiger partial charge < -0.3 is 15.2 Å². The van der Waals surface area contributed by atoms with Crippen LogP contribution in [0.2, 0.25) is 0 Å². The van der Waals surface area contributed by atoms with Crippen LogP contribution in [0.5, 0.6) is 5.88 Å². The molecular formula is C11H14F2N2O3. The summed E-state index contributed by atoms with van der Waals surface area (Å²) in [7, 11) is 0. The van der Waals surface area contributed by atoms with Crippen molar-refractivity contribution < 1.29 is 23.4 Å². The van der Waals surface area contributed by atoms with Crippen molar-refractivity contribution in [3.63, 3.8) is 0 Å². The van der Waals surface area contributed by atoms with Crippen LogP contribution in [0.15, 0.2) is 18.3 Å². The first-order chi connectivity index (χ1) is 8.50. The van der Waals surface area contributed by atoms with E-state index in [0.717, 1.165) is 0 Å². The number of alkyl halides is 2. The van der Waals surface area contributed by atoms with Crippen LogP contribution in [-0.2, 0) is 0 Å². The molecule has 1 atom stereocenters. The average Bonchev–Trinajstić information content (AvgIpc) is 2.33. The van der Waals surface area contributed by atoms with Crippen molar-refractivity contribution in [2.45, 2.75) is 19.5 Å². The Morgan fingerprint density at radius 1 is 1.61 bits per heavy atom. The lowest BCUT2D eigenvalue weighted by Crippen LogP contribution is -2.31. The largest absolute Gasteiger partial charge is 0.471 e. The van der Waals surface area contributed by atoms with Crippen LogP contribution in [0, 0.1) is 0 Å². The summed E-state index contributed by atoms with van der Waals surface area (Å²) >= 11 is 0. The number of hydrogen-bond acceptors (Lipinski definition) is 4. The summed E-state index contributed by atoms with van der Waals surface area (Å²) in [6, 6.07) is 2.90. The topological polar surface area (TPSA) is 71.5 Å². The first kappa shape index (κ1) is 14.3. The molecule has 1 amide bonds. The third-order valence-electron chi connectivity index (χ3n) is 1.92. The van der Waals surface area contributed by atoms with Crippen molar-refractivity contribution in [2.24, 2.45) is 0 Å². The van der Waals surface area contributed by atoms with Gasteiger partial charge in [-0.1, -0.05) is 0 Å². The third kappa shape index (κ3) is 4.62. The Bertz CT molecular complexity index is 400. The second kappa shape index (κ2) is 6.85. The van der Waals surface area contributed by atoms with Crippen LogP contribution >= 0.6 is 0 Å². The smallest absolute Gasteiger partial charge is 0.272 e. The number of rotatable bonds is 6. The van der Waals surface area contributed by atoms with Crippen LogP contribution in [-0.4, -0.2) is 41.7 Å². The van der Waals surface area contributed by atoms with Gasteiger partial charge in [0.05, 0.1) is 6.10 Å². The second-order valence-corrected chi connectivity index (χ2v) is 3.62. The molecule has 2 N–H and O–H groups in total. The number of carbonyl (C=O) groups is 1. The van der Waals surface area contributed by atoms with Crippen LogP contribution in [0.1, 0.15) is 17.3 Å². The lowest BCUT2D eigenvalue weighted by molar-refractivity contribution is 0.0769. The van der Waals surface area contributed by atoms with Gasteiger partial charge in [-0.15, -0.1) is 0 Å². The van der Waals surface area contributed by atoms with Gasteiger partial charge in [0.2, 0.25) is 5.88 Å². The average molecular weight is 260 g/mol. The predicted octanol–water partition coefficient (Wildman–Crippen LogP) is 0.836. The van der Waals surface area contributed by atoms with Gasteiger partial charge in [0.1, 0.15) is 5.56 Å². The molecule has 18 heavy (non-hydrogen) atoms. The molecule has 1 unspecified atom stereocenters. The molecule has 0 bridgehead atoms. The normalized spacial score (nSPS) is 12.3. The standard InChI is InChI=1S/C11H14F2N2O3/c1-7(16)5-15-10(17)8-3-2-4-14-11(8)18-6-9(12)13/h2-4,7,9,16H,5-6H2,1H3,(H,15,17). The van der Waals surface area contributed by atoms with Gasteiger partial charge in [0, 0.05) is 12.7 Å². The van der Waals surface area contributed by atoms with E-state index in [4.69, 9.17) is 9.84 Å². The van der Waals surface area contributed by atoms with Gasteiger partial charge in [-0.2, -0.15) is 0 Å². The number of pyridine rings is 1. The Morgan fingerprint density at radius 2 is 2.33 bits per heavy atom. The van der Waals surface area contributed by atoms with Gasteiger partial charge in [0.15, 0.2) is 6.61 Å². The number of ether oxygens (including phenoxy) is 1. The summed E-state index contributed by atoms with van der Waals surface area (Å²) in [6.07, 6.45) is -2.00. The fourth-order valence-electron chi connectivity index (χ4n) is 1.16. The number of amides is 1. The van der Waals surface area contributed by atoms with E-state index in [1.165, 1.54) is 25.3 Å². The summed E-state index contributed by atoms with van der Waals surface area (Å²) < 4.78 is 28.8. The molecule has 0 aliphatic heterocycles. The first-order valence-corrected chi connectivity index (χ1v) is 5.33. The SMILES string of the molecule is CC(O)CNC(=O)c1cccnc1OCC(F)F. The van der Waals surface area contributed by atoms with Crippen LogP contribution < -0.4 is 10.1 Å². The van der Waals surface area contributed by atoms with Crippen molar-refractivity contribution in [3.05, 3.63) is 23.9 Å². The quantitative estimate of drug-likeness (QED) is 0.795. The van der Waals surface area contributed by atoms with Gasteiger partial charge in [0.25, 0.3) is 12.3 Å². The second-order valence-electron chi connectivity index (χ2n) is 3.62. The van der Waals surface area contributed by atoms with Crippen molar-refractivity contribution in [2.75, 3.05) is 13.2 Å². The molecule has 1 aromatic rings. The Kier molecular flexibility index (Phi) is 5.44. The fourth-order valence-corrected chi connectivity index (χ4v) is 1.16. The number of aliphatic hydroxyl groups is 1. The number of carbonyl (C=O) groups excluding carboxylic acids is 1. The van der Waals surface area contributed by atoms with E-state index in [0.29, 0.717) is 0 Å². The molecule has 1 heterocycles. The maximum Gasteiger partial charge on any atom is 0.272 e. The number of hydrogen-bond donors (Lipinski definition) is 2. The molecule has 0 fully saturated rings. The number of aliphatic hydroxyl groups excluding tert-OH is 1. The first-order valence-electron chi connectivity index (χ1n) is 5.33. The maximum absolute atomic E-state index is 12.0. The highest BCUT2D eigenvalue weighted by molar-refractivity contribution is 5.96. The van der Waals surface area contributed by atoms with Crippen LogP contribution in [0.3, 0.4) is 0 Å². The van der Waals surface area contributed by atoms with E-state index in [2.05, 4.69) is 10.3 Å². The Labute approximate surface area is 103 Å². The minimum atomic E-state index is -2.64. The highest BCUT2D eigenvalue weighted by Crippen LogP contribution is 2.14. The number of nitrogens with one attached hydrogen (secondary N) is 1. The fraction of sp³-hybridized carbons (Fsp3) is 0.455. The zero-order chi connectivity index (χ0) is 13.5. The molecule has 0 spiro atoms. The summed E-state index contributed by atoms with van der Waals surface area (Å²) in [5, 5.41) is 11.5. The summed E-state index contributed by atoms with van der Waals surface area (Å²) in [4.78, 5) is 15.4. The molecule has 0 radical (unpaired) electrons. The molecule has 0 saturated carbocycles. The monoisotopic (exact) mass is 260 g/mol. The lowest BCUT2D eigenvalue weighted by Gasteiger charge is -2.11. The Morgan fingerprint density at radius 3 is 2.94 bits per heavy atom. The highest BCUT2D eigenvalue weighted by Gasteiger charge is 2.15. The Balaban J connectivity index is 2.71. The molecule has 0 aliphatic carbocycles. The molecule has 5 nitrogen and oxygen atoms in total. The zero-order valence-electron chi connectivity index (χ0n) is 9.77. The minimum absolute atomic E-state index is 0.0544. The van der Waals surface area contributed by atoms with Crippen LogP contribution in [0.4, 0.5) is 8.78 Å². The molecule has 1 aromatic heterocycles. The molecular weight excluding hydrogens is 246 g/mol. The summed E-state index contributed by atoms with van der Waals surface area (Å²) in [6.45, 7) is 0.743. The summed E-state index contributed by atoms with van der Waals surface area (Å²) in [5.41, 5.74) is 0.0544. The predicted molar refractivity (Wildman–Crippen MR) is 59.8 cm³/mol. The minimum Gasteiger partial charge on any atom is -0.471 e. The molecule has 0 aromatic carbocycles. The summed E-state index contributed by atoms with van der Waals surface area (Å²) in [5.74, 6) is -0.686. The Hall–Kier alpha value is -1.76. The van der Waals surface area contributed by atoms with E-state index in [-0.39, 0.29) is 18.0 Å². The van der Waals surface area contributed by atoms with E-state index >= 15 is 0 Å². The van der Waals surface area contributed by atoms with Gasteiger partial charge >= 0.3 is 0 Å². The van der Waals surface area contributed by atoms with Crippen molar-refractivity contribution in [1.29, 1.82) is 0 Å². The van der Waals surface area contributed by atoms with E-state index < -0.39 is 25.0 Å². The van der Waals surface area contributed by atoms with E-state index in [1.807, 2.05) is 0 Å². The van der Waals surface area contributed by atoms with Gasteiger partial charge in [-0.3, -0.25) is 4.79 Å². The van der Waals surface area contributed by atoms with E-state index in [9.17, 15) is 13.6 Å². The van der Waals surface area contributed by atoms with Crippen molar-refractivity contribution in [1.82, 2.24) is 10.3 Å². The molecule has 7 heteroatoms. The van der Waals surface area contributed by atoms with Crippen LogP contribution in [0.25, 0.3) is 0 Å². The van der Waals surface area contributed by atoms with Crippen molar-refractivity contribution >= 4 is 5.91 Å². The number of halogens is 2. The van der Waals surface area contributed by atoms with Gasteiger partial charge in [-0.25, -0.2) is 13.8 Å². The number of nitrogens with zero attached hydrogens (tertiary/aromatic N) is 1. The van der Waals surface area contributed by atoms with Crippen molar-refractivity contribution in [3.8, 4) is 5.88 Å². The number of aromatic nitrogens is 1. The molecule has 100 valence electrons. The molecule has 0 saturated heterocycles. The van der Waals surface area contributed by atoms with Gasteiger partial charge in [-0.05, 0) is 19.1 Å². The highest BCUT2D eigenvalue weighted by atomic mass is 19.3. The maximum atomic E-state index is 12.0.